The van der Waals surface area contributed by atoms with Crippen molar-refractivity contribution < 1.29 is 9.90 Å². The van der Waals surface area contributed by atoms with Crippen LogP contribution in [-0.4, -0.2) is 35.5 Å². The summed E-state index contributed by atoms with van der Waals surface area (Å²) in [5.74, 6) is -0.971. The Hall–Kier alpha value is -3.26. The van der Waals surface area contributed by atoms with E-state index in [0.717, 1.165) is 16.8 Å². The Balaban J connectivity index is 1.93. The average Bonchev–Trinajstić information content (AvgIpc) is 3.07. The van der Waals surface area contributed by atoms with Gasteiger partial charge in [-0.15, -0.1) is 10.2 Å². The van der Waals surface area contributed by atoms with Crippen molar-refractivity contribution in [2.24, 2.45) is 0 Å². The Morgan fingerprint density at radius 2 is 1.93 bits per heavy atom. The first kappa shape index (κ1) is 18.1. The molecule has 142 valence electrons. The molecule has 3 aromatic heterocycles. The predicted molar refractivity (Wildman–Crippen MR) is 105 cm³/mol. The minimum absolute atomic E-state index is 0.0686. The molecule has 0 fully saturated rings. The number of benzene rings is 1. The Labute approximate surface area is 164 Å². The number of rotatable bonds is 5. The highest BCUT2D eigenvalue weighted by molar-refractivity contribution is 6.30. The summed E-state index contributed by atoms with van der Waals surface area (Å²) in [4.78, 5) is 23.5. The maximum absolute atomic E-state index is 12.7. The highest BCUT2D eigenvalue weighted by Gasteiger charge is 2.18. The van der Waals surface area contributed by atoms with Crippen molar-refractivity contribution in [1.29, 1.82) is 0 Å². The molecule has 0 aliphatic rings. The number of pyridine rings is 1. The van der Waals surface area contributed by atoms with Crippen LogP contribution in [0.25, 0.3) is 27.8 Å². The molecular formula is C19H16ClN5O3. The molecule has 4 rings (SSSR count). The fraction of sp³-hybridized carbons (Fsp3) is 0.211. The van der Waals surface area contributed by atoms with Gasteiger partial charge in [0.05, 0.1) is 17.7 Å². The SMILES string of the molecule is CCc1nn2c(nnc3c(=O)n(CCC(=O)O)ccc32)c1-c1ccc(Cl)cc1. The molecule has 1 N–H and O–H groups in total. The second-order valence-corrected chi connectivity index (χ2v) is 6.75. The van der Waals surface area contributed by atoms with Crippen LogP contribution < -0.4 is 5.56 Å². The van der Waals surface area contributed by atoms with Crippen LogP contribution >= 0.6 is 11.6 Å². The summed E-state index contributed by atoms with van der Waals surface area (Å²) in [5.41, 5.74) is 3.43. The molecule has 1 aromatic carbocycles. The topological polar surface area (TPSA) is 102 Å². The highest BCUT2D eigenvalue weighted by atomic mass is 35.5. The van der Waals surface area contributed by atoms with Crippen molar-refractivity contribution in [2.75, 3.05) is 0 Å². The number of nitrogens with zero attached hydrogens (tertiary/aromatic N) is 5. The Kier molecular flexibility index (Phi) is 4.56. The number of aromatic nitrogens is 5. The molecule has 0 atom stereocenters. The van der Waals surface area contributed by atoms with Gasteiger partial charge in [0.25, 0.3) is 5.56 Å². The van der Waals surface area contributed by atoms with Crippen LogP contribution in [0, 0.1) is 0 Å². The van der Waals surface area contributed by atoms with Crippen LogP contribution in [-0.2, 0) is 17.8 Å². The second kappa shape index (κ2) is 7.05. The van der Waals surface area contributed by atoms with E-state index in [1.54, 1.807) is 28.9 Å². The lowest BCUT2D eigenvalue weighted by Gasteiger charge is -2.06. The Bertz CT molecular complexity index is 1260. The van der Waals surface area contributed by atoms with Crippen molar-refractivity contribution in [2.45, 2.75) is 26.3 Å². The summed E-state index contributed by atoms with van der Waals surface area (Å²) in [5, 5.41) is 22.5. The van der Waals surface area contributed by atoms with Gasteiger partial charge in [-0.2, -0.15) is 5.10 Å². The van der Waals surface area contributed by atoms with Gasteiger partial charge in [0.1, 0.15) is 5.52 Å². The van der Waals surface area contributed by atoms with Gasteiger partial charge >= 0.3 is 5.97 Å². The molecule has 0 saturated carbocycles. The minimum atomic E-state index is -0.971. The maximum Gasteiger partial charge on any atom is 0.305 e. The summed E-state index contributed by atoms with van der Waals surface area (Å²) < 4.78 is 2.94. The standard InChI is InChI=1S/C19H16ClN5O3/c1-2-13-16(11-3-5-12(20)6-4-11)18-22-21-17-14(25(18)23-13)7-9-24(19(17)28)10-8-15(26)27/h3-7,9H,2,8,10H2,1H3,(H,26,27). The quantitative estimate of drug-likeness (QED) is 0.555. The molecule has 0 radical (unpaired) electrons. The van der Waals surface area contributed by atoms with Crippen LogP contribution in [0.1, 0.15) is 19.0 Å². The number of aryl methyl sites for hydroxylation is 2. The number of aliphatic carboxylic acids is 1. The lowest BCUT2D eigenvalue weighted by atomic mass is 10.0. The second-order valence-electron chi connectivity index (χ2n) is 6.31. The van der Waals surface area contributed by atoms with Gasteiger partial charge in [-0.3, -0.25) is 9.59 Å². The molecular weight excluding hydrogens is 382 g/mol. The van der Waals surface area contributed by atoms with E-state index in [2.05, 4.69) is 15.3 Å². The van der Waals surface area contributed by atoms with Crippen molar-refractivity contribution in [3.63, 3.8) is 0 Å². The third-order valence-corrected chi connectivity index (χ3v) is 4.81. The van der Waals surface area contributed by atoms with Gasteiger partial charge in [-0.05, 0) is 30.2 Å². The number of hydrogen-bond acceptors (Lipinski definition) is 5. The van der Waals surface area contributed by atoms with Gasteiger partial charge in [0.15, 0.2) is 11.2 Å². The Morgan fingerprint density at radius 1 is 1.18 bits per heavy atom. The summed E-state index contributed by atoms with van der Waals surface area (Å²) >= 11 is 6.00. The smallest absolute Gasteiger partial charge is 0.305 e. The molecule has 0 aliphatic heterocycles. The highest BCUT2D eigenvalue weighted by Crippen LogP contribution is 2.29. The van der Waals surface area contributed by atoms with Crippen LogP contribution in [0.3, 0.4) is 0 Å². The lowest BCUT2D eigenvalue weighted by Crippen LogP contribution is -2.22. The maximum atomic E-state index is 12.7. The molecule has 8 nitrogen and oxygen atoms in total. The predicted octanol–water partition coefficient (Wildman–Crippen LogP) is 2.80. The van der Waals surface area contributed by atoms with Crippen LogP contribution in [0.2, 0.25) is 5.02 Å². The number of halogens is 1. The Morgan fingerprint density at radius 3 is 2.61 bits per heavy atom. The fourth-order valence-corrected chi connectivity index (χ4v) is 3.31. The third kappa shape index (κ3) is 3.01. The van der Waals surface area contributed by atoms with E-state index >= 15 is 0 Å². The molecule has 0 unspecified atom stereocenters. The molecule has 0 amide bonds. The zero-order valence-electron chi connectivity index (χ0n) is 15.0. The van der Waals surface area contributed by atoms with Crippen LogP contribution in [0.4, 0.5) is 0 Å². The molecule has 9 heteroatoms. The summed E-state index contributed by atoms with van der Waals surface area (Å²) in [7, 11) is 0. The van der Waals surface area contributed by atoms with Crippen molar-refractivity contribution >= 4 is 34.3 Å². The number of hydrogen-bond donors (Lipinski definition) is 1. The molecule has 0 aliphatic carbocycles. The van der Waals surface area contributed by atoms with E-state index in [0.29, 0.717) is 22.6 Å². The fourth-order valence-electron chi connectivity index (χ4n) is 3.18. The number of fused-ring (bicyclic) bond motifs is 3. The average molecular weight is 398 g/mol. The van der Waals surface area contributed by atoms with E-state index < -0.39 is 11.5 Å². The number of carboxylic acid groups (broad SMARTS) is 1. The molecule has 3 heterocycles. The van der Waals surface area contributed by atoms with Gasteiger partial charge in [-0.1, -0.05) is 30.7 Å². The largest absolute Gasteiger partial charge is 0.481 e. The molecule has 0 spiro atoms. The van der Waals surface area contributed by atoms with Gasteiger partial charge in [0.2, 0.25) is 0 Å². The number of carboxylic acids is 1. The van der Waals surface area contributed by atoms with Crippen molar-refractivity contribution in [3.05, 3.63) is 57.6 Å². The zero-order chi connectivity index (χ0) is 19.8. The van der Waals surface area contributed by atoms with E-state index in [1.165, 1.54) is 4.57 Å². The minimum Gasteiger partial charge on any atom is -0.481 e. The molecule has 28 heavy (non-hydrogen) atoms. The molecule has 0 saturated heterocycles. The van der Waals surface area contributed by atoms with Gasteiger partial charge in [0, 0.05) is 17.8 Å². The lowest BCUT2D eigenvalue weighted by molar-refractivity contribution is -0.137. The summed E-state index contributed by atoms with van der Waals surface area (Å²) in [6, 6.07) is 9.10. The van der Waals surface area contributed by atoms with Crippen LogP contribution in [0.5, 0.6) is 0 Å². The third-order valence-electron chi connectivity index (χ3n) is 4.56. The van der Waals surface area contributed by atoms with E-state index in [1.807, 2.05) is 19.1 Å². The first-order chi connectivity index (χ1) is 13.5. The van der Waals surface area contributed by atoms with E-state index in [9.17, 15) is 9.59 Å². The van der Waals surface area contributed by atoms with Crippen LogP contribution in [0.15, 0.2) is 41.3 Å². The monoisotopic (exact) mass is 397 g/mol. The first-order valence-electron chi connectivity index (χ1n) is 8.74. The molecule has 4 aromatic rings. The molecule has 0 bridgehead atoms. The van der Waals surface area contributed by atoms with E-state index in [4.69, 9.17) is 16.7 Å². The van der Waals surface area contributed by atoms with Crippen molar-refractivity contribution in [3.8, 4) is 11.1 Å². The normalized spacial score (nSPS) is 11.4. The zero-order valence-corrected chi connectivity index (χ0v) is 15.7. The van der Waals surface area contributed by atoms with Gasteiger partial charge < -0.3 is 9.67 Å². The summed E-state index contributed by atoms with van der Waals surface area (Å²) in [6.45, 7) is 2.06. The summed E-state index contributed by atoms with van der Waals surface area (Å²) in [6.07, 6.45) is 2.09. The van der Waals surface area contributed by atoms with E-state index in [-0.39, 0.29) is 18.5 Å². The van der Waals surface area contributed by atoms with Gasteiger partial charge in [-0.25, -0.2) is 4.52 Å². The number of carbonyl (C=O) groups is 1. The first-order valence-corrected chi connectivity index (χ1v) is 9.12. The van der Waals surface area contributed by atoms with Crippen molar-refractivity contribution in [1.82, 2.24) is 24.4 Å².